The zero-order valence-electron chi connectivity index (χ0n) is 18.8. The van der Waals surface area contributed by atoms with Gasteiger partial charge in [-0.3, -0.25) is 4.79 Å². The maximum absolute atomic E-state index is 11.4. The van der Waals surface area contributed by atoms with Crippen LogP contribution in [-0.2, 0) is 16.0 Å². The molecule has 2 N–H and O–H groups in total. The van der Waals surface area contributed by atoms with Gasteiger partial charge in [0.1, 0.15) is 0 Å². The van der Waals surface area contributed by atoms with E-state index in [1.165, 1.54) is 0 Å². The Bertz CT molecular complexity index is 850. The number of aromatic nitrogens is 2. The fraction of sp³-hybridized carbons (Fsp3) is 0.542. The summed E-state index contributed by atoms with van der Waals surface area (Å²) in [4.78, 5) is 22.7. The molecule has 0 radical (unpaired) electrons. The Morgan fingerprint density at radius 3 is 2.52 bits per heavy atom. The monoisotopic (exact) mass is 426 g/mol. The quantitative estimate of drug-likeness (QED) is 0.566. The van der Waals surface area contributed by atoms with Crippen molar-refractivity contribution in [3.8, 4) is 0 Å². The van der Waals surface area contributed by atoms with Crippen molar-refractivity contribution in [1.82, 2.24) is 9.97 Å². The Balaban J connectivity index is 1.97. The minimum absolute atomic E-state index is 0.0337. The second-order valence-corrected chi connectivity index (χ2v) is 8.00. The summed E-state index contributed by atoms with van der Waals surface area (Å²) in [5, 5.41) is 12.7. The summed E-state index contributed by atoms with van der Waals surface area (Å²) in [7, 11) is 0. The number of hydrogen-bond donors (Lipinski definition) is 2. The van der Waals surface area contributed by atoms with Gasteiger partial charge in [-0.2, -0.15) is 0 Å². The molecule has 168 valence electrons. The maximum Gasteiger partial charge on any atom is 0.303 e. The number of aryl methyl sites for hydroxylation is 1. The van der Waals surface area contributed by atoms with Gasteiger partial charge in [0.25, 0.3) is 0 Å². The molecule has 7 nitrogen and oxygen atoms in total. The zero-order chi connectivity index (χ0) is 22.2. The minimum atomic E-state index is -0.777. The van der Waals surface area contributed by atoms with Crippen molar-refractivity contribution in [3.63, 3.8) is 0 Å². The SMILES string of the molecule is CCc1cnc(Nc2cc([C@H](CC)CC(=O)O)ccc2N(CC)C2CCOCC2)nc1. The van der Waals surface area contributed by atoms with Crippen LogP contribution in [0.1, 0.15) is 63.5 Å². The molecule has 1 aromatic carbocycles. The van der Waals surface area contributed by atoms with Gasteiger partial charge in [-0.1, -0.05) is 19.9 Å². The van der Waals surface area contributed by atoms with E-state index >= 15 is 0 Å². The predicted molar refractivity (Wildman–Crippen MR) is 123 cm³/mol. The highest BCUT2D eigenvalue weighted by molar-refractivity contribution is 5.75. The van der Waals surface area contributed by atoms with Crippen LogP contribution in [0.4, 0.5) is 17.3 Å². The van der Waals surface area contributed by atoms with Gasteiger partial charge >= 0.3 is 5.97 Å². The topological polar surface area (TPSA) is 87.6 Å². The third-order valence-corrected chi connectivity index (χ3v) is 6.05. The first kappa shape index (κ1) is 23.0. The molecule has 0 saturated carbocycles. The lowest BCUT2D eigenvalue weighted by molar-refractivity contribution is -0.137. The molecule has 0 bridgehead atoms. The van der Waals surface area contributed by atoms with Gasteiger partial charge in [-0.25, -0.2) is 9.97 Å². The van der Waals surface area contributed by atoms with Gasteiger partial charge in [-0.15, -0.1) is 0 Å². The molecule has 1 fully saturated rings. The minimum Gasteiger partial charge on any atom is -0.481 e. The first-order chi connectivity index (χ1) is 15.0. The van der Waals surface area contributed by atoms with Gasteiger partial charge in [0.2, 0.25) is 5.95 Å². The number of carboxylic acids is 1. The summed E-state index contributed by atoms with van der Waals surface area (Å²) < 4.78 is 5.56. The van der Waals surface area contributed by atoms with Crippen LogP contribution in [0.15, 0.2) is 30.6 Å². The molecule has 31 heavy (non-hydrogen) atoms. The van der Waals surface area contributed by atoms with Crippen LogP contribution in [0.25, 0.3) is 0 Å². The van der Waals surface area contributed by atoms with E-state index in [-0.39, 0.29) is 12.3 Å². The van der Waals surface area contributed by atoms with E-state index in [4.69, 9.17) is 4.74 Å². The van der Waals surface area contributed by atoms with Crippen LogP contribution in [0.3, 0.4) is 0 Å². The largest absolute Gasteiger partial charge is 0.481 e. The number of hydrogen-bond acceptors (Lipinski definition) is 6. The van der Waals surface area contributed by atoms with E-state index in [2.05, 4.69) is 52.2 Å². The number of carboxylic acid groups (broad SMARTS) is 1. The van der Waals surface area contributed by atoms with Crippen LogP contribution in [0.5, 0.6) is 0 Å². The number of benzene rings is 1. The molecule has 1 aromatic heterocycles. The number of carbonyl (C=O) groups is 1. The van der Waals surface area contributed by atoms with Gasteiger partial charge in [0.15, 0.2) is 0 Å². The Hall–Kier alpha value is -2.67. The highest BCUT2D eigenvalue weighted by atomic mass is 16.5. The first-order valence-electron chi connectivity index (χ1n) is 11.3. The van der Waals surface area contributed by atoms with E-state index < -0.39 is 5.97 Å². The molecule has 1 aliphatic heterocycles. The van der Waals surface area contributed by atoms with Gasteiger partial charge in [0.05, 0.1) is 17.8 Å². The normalized spacial score (nSPS) is 15.5. The predicted octanol–water partition coefficient (Wildman–Crippen LogP) is 4.76. The Morgan fingerprint density at radius 2 is 1.94 bits per heavy atom. The Kier molecular flexibility index (Phi) is 8.23. The molecule has 0 unspecified atom stereocenters. The summed E-state index contributed by atoms with van der Waals surface area (Å²) in [6.07, 6.45) is 7.45. The number of ether oxygens (including phenoxy) is 1. The van der Waals surface area contributed by atoms with Crippen molar-refractivity contribution in [3.05, 3.63) is 41.7 Å². The molecule has 0 amide bonds. The number of nitrogens with one attached hydrogen (secondary N) is 1. The van der Waals surface area contributed by atoms with Gasteiger partial charge in [-0.05, 0) is 61.8 Å². The van der Waals surface area contributed by atoms with Crippen LogP contribution < -0.4 is 10.2 Å². The van der Waals surface area contributed by atoms with E-state index in [9.17, 15) is 9.90 Å². The van der Waals surface area contributed by atoms with E-state index in [0.717, 1.165) is 67.9 Å². The van der Waals surface area contributed by atoms with E-state index in [1.807, 2.05) is 19.3 Å². The van der Waals surface area contributed by atoms with Crippen molar-refractivity contribution in [1.29, 1.82) is 0 Å². The second kappa shape index (κ2) is 11.1. The highest BCUT2D eigenvalue weighted by Gasteiger charge is 2.24. The third kappa shape index (κ3) is 5.94. The second-order valence-electron chi connectivity index (χ2n) is 8.00. The molecule has 0 spiro atoms. The molecule has 0 aliphatic carbocycles. The van der Waals surface area contributed by atoms with Crippen LogP contribution >= 0.6 is 0 Å². The molecular weight excluding hydrogens is 392 g/mol. The summed E-state index contributed by atoms with van der Waals surface area (Å²) in [6, 6.07) is 6.67. The summed E-state index contributed by atoms with van der Waals surface area (Å²) in [5.74, 6) is -0.264. The fourth-order valence-electron chi connectivity index (χ4n) is 4.21. The van der Waals surface area contributed by atoms with Crippen molar-refractivity contribution >= 4 is 23.3 Å². The fourth-order valence-corrected chi connectivity index (χ4v) is 4.21. The molecule has 3 rings (SSSR count). The number of nitrogens with zero attached hydrogens (tertiary/aromatic N) is 3. The van der Waals surface area contributed by atoms with Gasteiger partial charge in [0, 0.05) is 38.2 Å². The average molecular weight is 427 g/mol. The van der Waals surface area contributed by atoms with E-state index in [1.54, 1.807) is 0 Å². The van der Waals surface area contributed by atoms with E-state index in [0.29, 0.717) is 12.0 Å². The Morgan fingerprint density at radius 1 is 1.23 bits per heavy atom. The summed E-state index contributed by atoms with van der Waals surface area (Å²) in [5.41, 5.74) is 4.11. The number of rotatable bonds is 10. The molecule has 1 aliphatic rings. The third-order valence-electron chi connectivity index (χ3n) is 6.05. The molecule has 1 atom stereocenters. The zero-order valence-corrected chi connectivity index (χ0v) is 18.8. The number of anilines is 3. The molecule has 2 aromatic rings. The standard InChI is InChI=1S/C24H34N4O3/c1-4-17-15-25-24(26-16-17)27-21-13-19(18(5-2)14-23(29)30)7-8-22(21)28(6-3)20-9-11-31-12-10-20/h7-8,13,15-16,18,20H,4-6,9-12,14H2,1-3H3,(H,29,30)(H,25,26,27)/t18-/m1/s1. The van der Waals surface area contributed by atoms with Crippen molar-refractivity contribution in [2.45, 2.75) is 64.8 Å². The lowest BCUT2D eigenvalue weighted by Crippen LogP contribution is -2.39. The van der Waals surface area contributed by atoms with Crippen LogP contribution in [-0.4, -0.2) is 46.8 Å². The maximum atomic E-state index is 11.4. The first-order valence-corrected chi connectivity index (χ1v) is 11.3. The molecule has 2 heterocycles. The lowest BCUT2D eigenvalue weighted by atomic mass is 9.92. The van der Waals surface area contributed by atoms with Gasteiger partial charge < -0.3 is 20.1 Å². The van der Waals surface area contributed by atoms with Crippen molar-refractivity contribution in [2.24, 2.45) is 0 Å². The summed E-state index contributed by atoms with van der Waals surface area (Å²) >= 11 is 0. The number of aliphatic carboxylic acids is 1. The molecule has 1 saturated heterocycles. The highest BCUT2D eigenvalue weighted by Crippen LogP contribution is 2.35. The van der Waals surface area contributed by atoms with Crippen molar-refractivity contribution in [2.75, 3.05) is 30.0 Å². The lowest BCUT2D eigenvalue weighted by Gasteiger charge is -2.36. The summed E-state index contributed by atoms with van der Waals surface area (Å²) in [6.45, 7) is 8.70. The Labute approximate surface area is 184 Å². The smallest absolute Gasteiger partial charge is 0.303 e. The van der Waals surface area contributed by atoms with Crippen molar-refractivity contribution < 1.29 is 14.6 Å². The average Bonchev–Trinajstić information content (AvgIpc) is 2.80. The van der Waals surface area contributed by atoms with Crippen LogP contribution in [0.2, 0.25) is 0 Å². The molecular formula is C24H34N4O3. The molecule has 7 heteroatoms. The van der Waals surface area contributed by atoms with Crippen LogP contribution in [0, 0.1) is 0 Å².